The van der Waals surface area contributed by atoms with Crippen molar-refractivity contribution in [1.29, 1.82) is 0 Å². The summed E-state index contributed by atoms with van der Waals surface area (Å²) in [5, 5.41) is 14.8. The Bertz CT molecular complexity index is 416. The fourth-order valence-corrected chi connectivity index (χ4v) is 2.71. The van der Waals surface area contributed by atoms with Gasteiger partial charge < -0.3 is 20.6 Å². The quantitative estimate of drug-likeness (QED) is 0.672. The maximum Gasteiger partial charge on any atom is 0.317 e. The van der Waals surface area contributed by atoms with Gasteiger partial charge in [0.2, 0.25) is 5.91 Å². The van der Waals surface area contributed by atoms with Crippen LogP contribution in [0.4, 0.5) is 4.79 Å². The van der Waals surface area contributed by atoms with Crippen molar-refractivity contribution in [2.24, 2.45) is 5.41 Å². The van der Waals surface area contributed by atoms with E-state index in [1.807, 2.05) is 0 Å². The number of rotatable bonds is 2. The second kappa shape index (κ2) is 5.68. The minimum absolute atomic E-state index is 0.00641. The fraction of sp³-hybridized carbons (Fsp3) is 0.769. The first-order valence-corrected chi connectivity index (χ1v) is 6.96. The highest BCUT2D eigenvalue weighted by Gasteiger charge is 2.39. The topological polar surface area (TPSA) is 98.7 Å². The zero-order chi connectivity index (χ0) is 14.8. The van der Waals surface area contributed by atoms with E-state index in [1.54, 1.807) is 11.8 Å². The van der Waals surface area contributed by atoms with E-state index in [1.165, 1.54) is 0 Å². The van der Waals surface area contributed by atoms with Gasteiger partial charge in [0.25, 0.3) is 0 Å². The Morgan fingerprint density at radius 2 is 2.25 bits per heavy atom. The van der Waals surface area contributed by atoms with E-state index in [9.17, 15) is 19.5 Å². The highest BCUT2D eigenvalue weighted by molar-refractivity contribution is 5.80. The number of nitrogens with zero attached hydrogens (tertiary/aromatic N) is 1. The molecule has 2 atom stereocenters. The predicted octanol–water partition coefficient (Wildman–Crippen LogP) is 0.161. The van der Waals surface area contributed by atoms with Crippen molar-refractivity contribution in [3.05, 3.63) is 0 Å². The van der Waals surface area contributed by atoms with Crippen LogP contribution in [0.25, 0.3) is 0 Å². The second-order valence-electron chi connectivity index (χ2n) is 5.88. The van der Waals surface area contributed by atoms with Crippen molar-refractivity contribution in [3.8, 4) is 0 Å². The summed E-state index contributed by atoms with van der Waals surface area (Å²) in [6.07, 6.45) is 2.32. The molecule has 2 saturated heterocycles. The first-order valence-electron chi connectivity index (χ1n) is 6.96. The third-order valence-corrected chi connectivity index (χ3v) is 4.09. The third-order valence-electron chi connectivity index (χ3n) is 4.09. The van der Waals surface area contributed by atoms with E-state index in [2.05, 4.69) is 10.6 Å². The van der Waals surface area contributed by atoms with Crippen LogP contribution < -0.4 is 10.6 Å². The molecule has 20 heavy (non-hydrogen) atoms. The summed E-state index contributed by atoms with van der Waals surface area (Å²) in [6.45, 7) is 2.92. The molecule has 2 heterocycles. The maximum atomic E-state index is 12.2. The number of hydrogen-bond donors (Lipinski definition) is 3. The molecule has 2 unspecified atom stereocenters. The molecular weight excluding hydrogens is 262 g/mol. The van der Waals surface area contributed by atoms with Gasteiger partial charge >= 0.3 is 12.0 Å². The molecule has 0 aromatic rings. The Balaban J connectivity index is 1.89. The SMILES string of the molecule is CC1(C(=O)O)CCCN(C(=O)NC2CCC(=O)NC2)C1. The van der Waals surface area contributed by atoms with Gasteiger partial charge in [0, 0.05) is 32.1 Å². The van der Waals surface area contributed by atoms with Gasteiger partial charge in [-0.15, -0.1) is 0 Å². The summed E-state index contributed by atoms with van der Waals surface area (Å²) >= 11 is 0. The summed E-state index contributed by atoms with van der Waals surface area (Å²) in [4.78, 5) is 36.1. The molecule has 2 fully saturated rings. The first kappa shape index (κ1) is 14.6. The molecular formula is C13H21N3O4. The number of amides is 3. The van der Waals surface area contributed by atoms with Gasteiger partial charge in [-0.25, -0.2) is 4.79 Å². The number of likely N-dealkylation sites (tertiary alicyclic amines) is 1. The van der Waals surface area contributed by atoms with Gasteiger partial charge in [-0.3, -0.25) is 9.59 Å². The molecule has 0 radical (unpaired) electrons. The number of carboxylic acids is 1. The van der Waals surface area contributed by atoms with Gasteiger partial charge in [-0.1, -0.05) is 0 Å². The molecule has 2 rings (SSSR count). The molecule has 0 aliphatic carbocycles. The van der Waals surface area contributed by atoms with Crippen LogP contribution in [-0.4, -0.2) is 53.6 Å². The Morgan fingerprint density at radius 3 is 2.85 bits per heavy atom. The number of carbonyl (C=O) groups is 3. The van der Waals surface area contributed by atoms with E-state index < -0.39 is 11.4 Å². The standard InChI is InChI=1S/C13H21N3O4/c1-13(11(18)19)5-2-6-16(8-13)12(20)15-9-3-4-10(17)14-7-9/h9H,2-8H2,1H3,(H,14,17)(H,15,20)(H,18,19). The van der Waals surface area contributed by atoms with Crippen molar-refractivity contribution >= 4 is 17.9 Å². The van der Waals surface area contributed by atoms with Crippen molar-refractivity contribution < 1.29 is 19.5 Å². The van der Waals surface area contributed by atoms with Crippen LogP contribution in [-0.2, 0) is 9.59 Å². The highest BCUT2D eigenvalue weighted by Crippen LogP contribution is 2.29. The normalized spacial score (nSPS) is 30.6. The number of aliphatic carboxylic acids is 1. The fourth-order valence-electron chi connectivity index (χ4n) is 2.71. The average molecular weight is 283 g/mol. The number of carboxylic acid groups (broad SMARTS) is 1. The smallest absolute Gasteiger partial charge is 0.317 e. The van der Waals surface area contributed by atoms with Crippen LogP contribution in [0.5, 0.6) is 0 Å². The predicted molar refractivity (Wildman–Crippen MR) is 71.1 cm³/mol. The molecule has 2 aliphatic heterocycles. The summed E-state index contributed by atoms with van der Waals surface area (Å²) in [5.41, 5.74) is -0.865. The zero-order valence-corrected chi connectivity index (χ0v) is 11.6. The summed E-state index contributed by atoms with van der Waals surface area (Å²) in [7, 11) is 0. The summed E-state index contributed by atoms with van der Waals surface area (Å²) in [5.74, 6) is -0.855. The average Bonchev–Trinajstić information content (AvgIpc) is 2.41. The van der Waals surface area contributed by atoms with Gasteiger partial charge in [0.05, 0.1) is 5.41 Å². The van der Waals surface area contributed by atoms with Gasteiger partial charge in [-0.05, 0) is 26.2 Å². The molecule has 2 aliphatic rings. The van der Waals surface area contributed by atoms with Crippen LogP contribution >= 0.6 is 0 Å². The van der Waals surface area contributed by atoms with Crippen LogP contribution in [0.3, 0.4) is 0 Å². The number of hydrogen-bond acceptors (Lipinski definition) is 3. The Labute approximate surface area is 117 Å². The molecule has 3 amide bonds. The van der Waals surface area contributed by atoms with Crippen molar-refractivity contribution in [2.45, 2.75) is 38.6 Å². The van der Waals surface area contributed by atoms with Crippen LogP contribution in [0.1, 0.15) is 32.6 Å². The Kier molecular flexibility index (Phi) is 4.15. The molecule has 7 nitrogen and oxygen atoms in total. The first-order chi connectivity index (χ1) is 9.40. The van der Waals surface area contributed by atoms with Crippen LogP contribution in [0, 0.1) is 5.41 Å². The number of urea groups is 1. The summed E-state index contributed by atoms with van der Waals surface area (Å²) < 4.78 is 0. The van der Waals surface area contributed by atoms with Gasteiger partial charge in [0.15, 0.2) is 0 Å². The van der Waals surface area contributed by atoms with Crippen LogP contribution in [0.2, 0.25) is 0 Å². The van der Waals surface area contributed by atoms with E-state index >= 15 is 0 Å². The lowest BCUT2D eigenvalue weighted by Crippen LogP contribution is -2.55. The monoisotopic (exact) mass is 283 g/mol. The summed E-state index contributed by atoms with van der Waals surface area (Å²) in [6, 6.07) is -0.309. The maximum absolute atomic E-state index is 12.2. The Morgan fingerprint density at radius 1 is 1.50 bits per heavy atom. The zero-order valence-electron chi connectivity index (χ0n) is 11.6. The lowest BCUT2D eigenvalue weighted by atomic mass is 9.82. The molecule has 0 aromatic carbocycles. The second-order valence-corrected chi connectivity index (χ2v) is 5.88. The molecule has 3 N–H and O–H groups in total. The van der Waals surface area contributed by atoms with E-state index in [-0.39, 0.29) is 24.5 Å². The number of nitrogens with one attached hydrogen (secondary N) is 2. The van der Waals surface area contributed by atoms with E-state index in [0.29, 0.717) is 38.8 Å². The molecule has 0 spiro atoms. The van der Waals surface area contributed by atoms with Gasteiger partial charge in [-0.2, -0.15) is 0 Å². The molecule has 0 bridgehead atoms. The molecule has 7 heteroatoms. The van der Waals surface area contributed by atoms with Crippen molar-refractivity contribution in [1.82, 2.24) is 15.5 Å². The van der Waals surface area contributed by atoms with Crippen molar-refractivity contribution in [2.75, 3.05) is 19.6 Å². The molecule has 0 saturated carbocycles. The third kappa shape index (κ3) is 3.20. The van der Waals surface area contributed by atoms with E-state index in [4.69, 9.17) is 0 Å². The largest absolute Gasteiger partial charge is 0.481 e. The van der Waals surface area contributed by atoms with Crippen LogP contribution in [0.15, 0.2) is 0 Å². The van der Waals surface area contributed by atoms with Gasteiger partial charge in [0.1, 0.15) is 0 Å². The number of carbonyl (C=O) groups excluding carboxylic acids is 2. The lowest BCUT2D eigenvalue weighted by molar-refractivity contribution is -0.150. The minimum Gasteiger partial charge on any atom is -0.481 e. The van der Waals surface area contributed by atoms with Crippen molar-refractivity contribution in [3.63, 3.8) is 0 Å². The minimum atomic E-state index is -0.865. The lowest BCUT2D eigenvalue weighted by Gasteiger charge is -2.38. The number of piperidine rings is 2. The molecule has 112 valence electrons. The van der Waals surface area contributed by atoms with E-state index in [0.717, 1.165) is 0 Å². The highest BCUT2D eigenvalue weighted by atomic mass is 16.4. The Hall–Kier alpha value is -1.79. The molecule has 0 aromatic heterocycles.